The number of benzene rings is 2. The van der Waals surface area contributed by atoms with Crippen LogP contribution < -0.4 is 10.7 Å². The molecule has 2 N–H and O–H groups in total. The zero-order valence-electron chi connectivity index (χ0n) is 47.8. The Labute approximate surface area is 479 Å². The number of fused-ring (bicyclic) bond motifs is 4. The third kappa shape index (κ3) is 11.6. The number of hydrogen-bond acceptors (Lipinski definition) is 14. The van der Waals surface area contributed by atoms with E-state index in [0.717, 1.165) is 94.8 Å². The van der Waals surface area contributed by atoms with Gasteiger partial charge in [0.15, 0.2) is 24.1 Å². The zero-order chi connectivity index (χ0) is 55.9. The highest BCUT2D eigenvalue weighted by molar-refractivity contribution is 7.12. The Morgan fingerprint density at radius 1 is 1.01 bits per heavy atom. The first-order valence-electron chi connectivity index (χ1n) is 29.4. The maximum atomic E-state index is 15.6. The minimum atomic E-state index is -1.11. The van der Waals surface area contributed by atoms with E-state index < -0.39 is 23.5 Å². The van der Waals surface area contributed by atoms with Crippen LogP contribution in [0.1, 0.15) is 92.8 Å². The largest absolute Gasteiger partial charge is 0.464 e. The van der Waals surface area contributed by atoms with Gasteiger partial charge in [0.1, 0.15) is 19.3 Å². The second-order valence-corrected chi connectivity index (χ2v) is 25.1. The van der Waals surface area contributed by atoms with Gasteiger partial charge in [0.2, 0.25) is 11.6 Å². The lowest BCUT2D eigenvalue weighted by molar-refractivity contribution is -0.550. The molecule has 9 heterocycles. The zero-order valence-corrected chi connectivity index (χ0v) is 48.6. The van der Waals surface area contributed by atoms with Gasteiger partial charge in [-0.25, -0.2) is 15.0 Å². The lowest BCUT2D eigenvalue weighted by atomic mass is 9.73. The van der Waals surface area contributed by atoms with E-state index in [-0.39, 0.29) is 60.3 Å². The van der Waals surface area contributed by atoms with Gasteiger partial charge in [0.25, 0.3) is 5.91 Å². The third-order valence-electron chi connectivity index (χ3n) is 18.1. The number of pyridine rings is 1. The van der Waals surface area contributed by atoms with E-state index in [9.17, 15) is 9.59 Å². The average molecular weight is 1120 g/mol. The molecule has 428 valence electrons. The van der Waals surface area contributed by atoms with Gasteiger partial charge in [-0.1, -0.05) is 69.0 Å². The van der Waals surface area contributed by atoms with Gasteiger partial charge in [-0.05, 0) is 93.2 Å². The molecule has 18 heteroatoms. The fourth-order valence-electron chi connectivity index (χ4n) is 13.2. The number of likely N-dealkylation sites (N-methyl/N-ethyl adjacent to an activating group) is 1. The maximum Gasteiger partial charge on any atom is 0.325 e. The highest BCUT2D eigenvalue weighted by Gasteiger charge is 2.56. The molecule has 5 aromatic rings. The molecular weight excluding hydrogens is 1040 g/mol. The van der Waals surface area contributed by atoms with E-state index in [1.807, 2.05) is 31.3 Å². The van der Waals surface area contributed by atoms with E-state index in [1.165, 1.54) is 11.3 Å². The van der Waals surface area contributed by atoms with E-state index >= 15 is 4.79 Å². The summed E-state index contributed by atoms with van der Waals surface area (Å²) in [6.45, 7) is 17.5. The predicted octanol–water partition coefficient (Wildman–Crippen LogP) is 6.31. The van der Waals surface area contributed by atoms with Gasteiger partial charge in [-0.15, -0.1) is 11.3 Å². The Kier molecular flexibility index (Phi) is 16.3. The molecular formula is C63H78N9O8S+. The summed E-state index contributed by atoms with van der Waals surface area (Å²) in [5.74, 6) is 5.86. The van der Waals surface area contributed by atoms with Crippen molar-refractivity contribution in [2.75, 3.05) is 99.6 Å². The number of carbonyl (C=O) groups excluding carboxylic acids is 3. The molecule has 0 radical (unpaired) electrons. The third-order valence-corrected chi connectivity index (χ3v) is 19.0. The molecule has 8 bridgehead atoms. The minimum Gasteiger partial charge on any atom is -0.464 e. The van der Waals surface area contributed by atoms with E-state index in [0.29, 0.717) is 89.2 Å². The highest BCUT2D eigenvalue weighted by Crippen LogP contribution is 2.54. The quantitative estimate of drug-likeness (QED) is 0.0860. The molecule has 13 rings (SSSR count). The van der Waals surface area contributed by atoms with Crippen LogP contribution in [0.15, 0.2) is 66.2 Å². The number of ether oxygens (including phenoxy) is 5. The lowest BCUT2D eigenvalue weighted by Crippen LogP contribution is -2.72. The molecule has 7 fully saturated rings. The number of esters is 1. The number of nitrogens with zero attached hydrogens (tertiary/aromatic N) is 7. The maximum absolute atomic E-state index is 15.6. The first kappa shape index (κ1) is 55.6. The van der Waals surface area contributed by atoms with Crippen molar-refractivity contribution in [3.63, 3.8) is 0 Å². The number of hydrogen-bond donors (Lipinski definition) is 2. The molecule has 3 aromatic heterocycles. The van der Waals surface area contributed by atoms with Crippen LogP contribution in [0.3, 0.4) is 0 Å². The summed E-state index contributed by atoms with van der Waals surface area (Å²) in [6, 6.07) is 16.9. The van der Waals surface area contributed by atoms with Gasteiger partial charge in [0.05, 0.1) is 49.0 Å². The smallest absolute Gasteiger partial charge is 0.325 e. The summed E-state index contributed by atoms with van der Waals surface area (Å²) in [5.41, 5.74) is 11.8. The van der Waals surface area contributed by atoms with Gasteiger partial charge in [0, 0.05) is 110 Å². The lowest BCUT2D eigenvalue weighted by Gasteiger charge is -2.53. The number of cyclic esters (lactones) is 1. The molecule has 8 aliphatic rings. The summed E-state index contributed by atoms with van der Waals surface area (Å²) in [4.78, 5) is 60.5. The predicted molar refractivity (Wildman–Crippen MR) is 310 cm³/mol. The normalized spacial score (nSPS) is 26.7. The van der Waals surface area contributed by atoms with Crippen LogP contribution in [0, 0.1) is 35.0 Å². The van der Waals surface area contributed by atoms with Crippen molar-refractivity contribution < 1.29 is 42.6 Å². The van der Waals surface area contributed by atoms with Crippen LogP contribution in [-0.4, -0.2) is 181 Å². The summed E-state index contributed by atoms with van der Waals surface area (Å²) in [7, 11) is 3.88. The number of hydrazine groups is 1. The van der Waals surface area contributed by atoms with Crippen LogP contribution >= 0.6 is 11.3 Å². The van der Waals surface area contributed by atoms with E-state index in [2.05, 4.69) is 111 Å². The SMILES string of the molecule is CO[C@@H](C)c1ncc(C#CCN2CCN(C)CC2)cc1-c1c2c3cc(ccc3n1CCOC1CCOCC1)-c1csc(n1)C(=[N+]1CCOCC1)[C@H](NC(=O)[C@@H]1[C@@H](C)[C@H]1c1ccccc1)C(=O)N1N[C@H](C(=O)OCC(C)(C)C2)C2CC1C2. The molecule has 0 spiro atoms. The van der Waals surface area contributed by atoms with Crippen LogP contribution in [0.2, 0.25) is 0 Å². The number of nitrogens with one attached hydrogen (secondary N) is 2. The number of carbonyl (C=O) groups is 3. The minimum absolute atomic E-state index is 0.00607. The molecule has 6 aliphatic heterocycles. The second-order valence-electron chi connectivity index (χ2n) is 24.2. The monoisotopic (exact) mass is 1120 g/mol. The van der Waals surface area contributed by atoms with Gasteiger partial charge in [-0.2, -0.15) is 0 Å². The Balaban J connectivity index is 1.00. The molecule has 17 nitrogen and oxygen atoms in total. The van der Waals surface area contributed by atoms with Gasteiger partial charge >= 0.3 is 5.97 Å². The summed E-state index contributed by atoms with van der Waals surface area (Å²) in [5, 5.41) is 8.69. The summed E-state index contributed by atoms with van der Waals surface area (Å²) < 4.78 is 35.4. The molecule has 2 aromatic carbocycles. The average Bonchev–Trinajstić information content (AvgIpc) is 3.83. The van der Waals surface area contributed by atoms with Crippen LogP contribution in [0.25, 0.3) is 33.4 Å². The standard InChI is InChI=1S/C63H77N9O8S/c1-39-52(42-12-8-7-9-13-42)53(39)59(73)66-56-58(70-23-28-78-29-24-70)60-65-50(37-81-60)43-14-15-51-47(34-43)49(35-63(3,4)38-80-62(75)55-44-32-45(33-44)72(67-55)61(56)74)57(71(51)25-30-79-46-16-26-77-27-17-46)48-31-41(36-64-54(48)40(2)76-6)11-10-18-69-21-19-68(5)20-22-69/h7-9,12-15,31,34,36-37,39-40,44-46,52-53,55-56,67H,16-30,32-33,35,38H2,1-6H3/p+1/t39-,40-,44?,45?,52-,53+,55-,56-/m0/s1. The van der Waals surface area contributed by atoms with E-state index in [4.69, 9.17) is 33.7 Å². The molecule has 0 unspecified atom stereocenters. The fourth-order valence-corrected chi connectivity index (χ4v) is 14.1. The van der Waals surface area contributed by atoms with Gasteiger partial charge < -0.3 is 38.5 Å². The number of aromatic nitrogens is 3. The number of thiazole rings is 1. The molecule has 2 aliphatic carbocycles. The van der Waals surface area contributed by atoms with Crippen LogP contribution in [0.4, 0.5) is 0 Å². The van der Waals surface area contributed by atoms with Crippen molar-refractivity contribution in [3.05, 3.63) is 93.6 Å². The van der Waals surface area contributed by atoms with Crippen molar-refractivity contribution in [1.82, 2.24) is 40.1 Å². The number of piperazine rings is 1. The Morgan fingerprint density at radius 3 is 2.54 bits per heavy atom. The van der Waals surface area contributed by atoms with Crippen LogP contribution in [-0.2, 0) is 51.0 Å². The van der Waals surface area contributed by atoms with Crippen molar-refractivity contribution >= 4 is 45.7 Å². The highest BCUT2D eigenvalue weighted by atomic mass is 32.1. The van der Waals surface area contributed by atoms with Gasteiger partial charge in [-0.3, -0.25) is 29.3 Å². The van der Waals surface area contributed by atoms with E-state index in [1.54, 1.807) is 12.1 Å². The summed E-state index contributed by atoms with van der Waals surface area (Å²) in [6.07, 6.45) is 5.12. The fraction of sp³-hybridized carbons (Fsp3) is 0.556. The Bertz CT molecular complexity index is 3230. The Hall–Kier alpha value is -5.88. The molecule has 5 saturated heterocycles. The Morgan fingerprint density at radius 2 is 1.78 bits per heavy atom. The summed E-state index contributed by atoms with van der Waals surface area (Å²) >= 11 is 1.47. The second kappa shape index (κ2) is 23.8. The first-order valence-corrected chi connectivity index (χ1v) is 30.2. The number of amides is 2. The number of rotatable bonds is 11. The molecule has 2 amide bonds. The van der Waals surface area contributed by atoms with Crippen molar-refractivity contribution in [3.8, 4) is 34.4 Å². The molecule has 2 saturated carbocycles. The first-order chi connectivity index (χ1) is 39.3. The number of morpholine rings is 1. The number of methoxy groups -OCH3 is 1. The molecule has 6 atom stereocenters. The topological polar surface area (TPSA) is 165 Å². The van der Waals surface area contributed by atoms with Crippen LogP contribution in [0.5, 0.6) is 0 Å². The van der Waals surface area contributed by atoms with Crippen molar-refractivity contribution in [2.45, 2.75) is 103 Å². The molecule has 81 heavy (non-hydrogen) atoms. The van der Waals surface area contributed by atoms with Crippen molar-refractivity contribution in [1.29, 1.82) is 0 Å². The van der Waals surface area contributed by atoms with Crippen molar-refractivity contribution in [2.24, 2.45) is 23.2 Å².